The average molecular weight is 205 g/mol. The minimum atomic E-state index is -2.61. The van der Waals surface area contributed by atoms with E-state index in [-0.39, 0.29) is 5.97 Å². The fraction of sp³-hybridized carbons (Fsp3) is 0.750. The van der Waals surface area contributed by atoms with Gasteiger partial charge in [0.25, 0.3) is 11.4 Å². The van der Waals surface area contributed by atoms with E-state index in [0.29, 0.717) is 0 Å². The molecule has 0 amide bonds. The molecule has 1 atom stereocenters. The molecule has 0 aromatic rings. The van der Waals surface area contributed by atoms with Crippen molar-refractivity contribution in [3.05, 3.63) is 0 Å². The molecule has 0 aromatic carbocycles. The molecule has 0 saturated heterocycles. The zero-order valence-electron chi connectivity index (χ0n) is 5.98. The Hall–Kier alpha value is -0.170. The van der Waals surface area contributed by atoms with E-state index in [1.54, 1.807) is 6.92 Å². The van der Waals surface area contributed by atoms with Crippen LogP contribution in [0.1, 0.15) is 6.92 Å². The lowest BCUT2D eigenvalue weighted by molar-refractivity contribution is -0.139. The molecular formula is C4H9ClO5S. The summed E-state index contributed by atoms with van der Waals surface area (Å²) in [6.45, 7) is 1.56. The number of carbonyl (C=O) groups excluding carboxylic acids is 1. The Bertz CT molecular complexity index is 132. The highest BCUT2D eigenvalue weighted by atomic mass is 35.5. The zero-order valence-corrected chi connectivity index (χ0v) is 7.56. The van der Waals surface area contributed by atoms with Crippen LogP contribution >= 0.6 is 11.6 Å². The second-order valence-corrected chi connectivity index (χ2v) is 2.49. The standard InChI is InChI=1S/C4H7ClO2.H2O3S/c1-3(5)4(6)7-2;1-4(2)3/h3H,1-2H3;(H2,1,2,3). The molecule has 0 radical (unpaired) electrons. The number of rotatable bonds is 1. The van der Waals surface area contributed by atoms with Gasteiger partial charge in [0, 0.05) is 0 Å². The first-order valence-electron chi connectivity index (χ1n) is 2.43. The lowest BCUT2D eigenvalue weighted by Gasteiger charge is -1.95. The molecule has 0 aliphatic rings. The molecule has 1 unspecified atom stereocenters. The second-order valence-electron chi connectivity index (χ2n) is 1.37. The van der Waals surface area contributed by atoms with Crippen LogP contribution in [0.25, 0.3) is 0 Å². The first-order chi connectivity index (χ1) is 4.91. The molecule has 2 N–H and O–H groups in total. The van der Waals surface area contributed by atoms with Crippen molar-refractivity contribution in [2.45, 2.75) is 12.3 Å². The maximum Gasteiger partial charge on any atom is 0.323 e. The van der Waals surface area contributed by atoms with Crippen LogP contribution in [0.2, 0.25) is 0 Å². The van der Waals surface area contributed by atoms with Crippen molar-refractivity contribution < 1.29 is 22.8 Å². The van der Waals surface area contributed by atoms with Crippen molar-refractivity contribution >= 4 is 28.9 Å². The lowest BCUT2D eigenvalue weighted by Crippen LogP contribution is -2.10. The summed E-state index contributed by atoms with van der Waals surface area (Å²) in [5, 5.41) is -0.523. The van der Waals surface area contributed by atoms with Crippen LogP contribution in [-0.4, -0.2) is 31.8 Å². The third-order valence-electron chi connectivity index (χ3n) is 0.526. The molecule has 7 heteroatoms. The van der Waals surface area contributed by atoms with Crippen LogP contribution in [0.4, 0.5) is 0 Å². The number of halogens is 1. The highest BCUT2D eigenvalue weighted by molar-refractivity contribution is 7.73. The minimum absolute atomic E-state index is 0.387. The summed E-state index contributed by atoms with van der Waals surface area (Å²) in [5.74, 6) is -0.387. The third kappa shape index (κ3) is 17.7. The summed E-state index contributed by atoms with van der Waals surface area (Å²) in [6, 6.07) is 0. The highest BCUT2D eigenvalue weighted by Crippen LogP contribution is 1.93. The highest BCUT2D eigenvalue weighted by Gasteiger charge is 2.06. The smallest absolute Gasteiger partial charge is 0.323 e. The Labute approximate surface area is 71.8 Å². The van der Waals surface area contributed by atoms with Gasteiger partial charge in [-0.25, -0.2) is 0 Å². The second kappa shape index (κ2) is 7.93. The predicted molar refractivity (Wildman–Crippen MR) is 40.7 cm³/mol. The molecule has 5 nitrogen and oxygen atoms in total. The van der Waals surface area contributed by atoms with E-state index in [0.717, 1.165) is 0 Å². The summed E-state index contributed by atoms with van der Waals surface area (Å²) in [6.07, 6.45) is 0. The number of carbonyl (C=O) groups is 1. The Morgan fingerprint density at radius 2 is 1.91 bits per heavy atom. The molecule has 68 valence electrons. The van der Waals surface area contributed by atoms with Gasteiger partial charge < -0.3 is 4.74 Å². The van der Waals surface area contributed by atoms with Gasteiger partial charge in [0.2, 0.25) is 0 Å². The zero-order chi connectivity index (χ0) is 9.44. The monoisotopic (exact) mass is 204 g/mol. The number of ether oxygens (including phenoxy) is 1. The van der Waals surface area contributed by atoms with Gasteiger partial charge in [-0.05, 0) is 6.92 Å². The first kappa shape index (κ1) is 13.4. The van der Waals surface area contributed by atoms with E-state index in [1.165, 1.54) is 7.11 Å². The van der Waals surface area contributed by atoms with Gasteiger partial charge >= 0.3 is 5.97 Å². The van der Waals surface area contributed by atoms with E-state index in [9.17, 15) is 4.79 Å². The SMILES string of the molecule is COC(=O)C(C)Cl.O=S(O)O. The molecule has 0 bridgehead atoms. The topological polar surface area (TPSA) is 83.8 Å². The Kier molecular flexibility index (Phi) is 9.68. The maximum atomic E-state index is 10.2. The van der Waals surface area contributed by atoms with Crippen LogP contribution in [-0.2, 0) is 20.9 Å². The number of hydrogen-bond acceptors (Lipinski definition) is 3. The number of methoxy groups -OCH3 is 1. The van der Waals surface area contributed by atoms with Crippen molar-refractivity contribution in [3.63, 3.8) is 0 Å². The summed E-state index contributed by atoms with van der Waals surface area (Å²) >= 11 is 2.64. The van der Waals surface area contributed by atoms with E-state index in [2.05, 4.69) is 4.74 Å². The fourth-order valence-corrected chi connectivity index (χ4v) is 0.251. The van der Waals surface area contributed by atoms with E-state index >= 15 is 0 Å². The third-order valence-corrected chi connectivity index (χ3v) is 0.704. The van der Waals surface area contributed by atoms with E-state index in [4.69, 9.17) is 24.9 Å². The summed E-state index contributed by atoms with van der Waals surface area (Å²) in [5.41, 5.74) is 0. The van der Waals surface area contributed by atoms with Gasteiger partial charge in [0.1, 0.15) is 5.38 Å². The normalized spacial score (nSPS) is 11.5. The quantitative estimate of drug-likeness (QED) is 0.369. The summed E-state index contributed by atoms with van der Waals surface area (Å²) in [7, 11) is 1.31. The van der Waals surface area contributed by atoms with Crippen molar-refractivity contribution in [2.24, 2.45) is 0 Å². The van der Waals surface area contributed by atoms with Crippen molar-refractivity contribution in [1.82, 2.24) is 0 Å². The molecule has 0 aliphatic carbocycles. The van der Waals surface area contributed by atoms with Crippen molar-refractivity contribution in [2.75, 3.05) is 7.11 Å². The minimum Gasteiger partial charge on any atom is -0.468 e. The van der Waals surface area contributed by atoms with Gasteiger partial charge in [-0.2, -0.15) is 4.21 Å². The van der Waals surface area contributed by atoms with Crippen LogP contribution in [0, 0.1) is 0 Å². The molecule has 0 aliphatic heterocycles. The van der Waals surface area contributed by atoms with Gasteiger partial charge in [0.15, 0.2) is 0 Å². The predicted octanol–water partition coefficient (Wildman–Crippen LogP) is 0.468. The maximum absolute atomic E-state index is 10.2. The van der Waals surface area contributed by atoms with Crippen LogP contribution in [0.3, 0.4) is 0 Å². The number of alkyl halides is 1. The van der Waals surface area contributed by atoms with Gasteiger partial charge in [0.05, 0.1) is 7.11 Å². The molecule has 0 heterocycles. The summed E-state index contributed by atoms with van der Waals surface area (Å²) in [4.78, 5) is 10.2. The number of hydrogen-bond donors (Lipinski definition) is 2. The average Bonchev–Trinajstić information content (AvgIpc) is 1.85. The van der Waals surface area contributed by atoms with Crippen molar-refractivity contribution in [3.8, 4) is 0 Å². The summed E-state index contributed by atoms with van der Waals surface area (Å²) < 4.78 is 27.1. The van der Waals surface area contributed by atoms with Crippen LogP contribution in [0.15, 0.2) is 0 Å². The fourth-order valence-electron chi connectivity index (χ4n) is 0.162. The molecule has 0 rings (SSSR count). The lowest BCUT2D eigenvalue weighted by atomic mass is 10.5. The molecule has 0 spiro atoms. The molecule has 0 aromatic heterocycles. The van der Waals surface area contributed by atoms with Crippen molar-refractivity contribution in [1.29, 1.82) is 0 Å². The van der Waals surface area contributed by atoms with E-state index < -0.39 is 16.7 Å². The number of esters is 1. The Morgan fingerprint density at radius 1 is 1.64 bits per heavy atom. The van der Waals surface area contributed by atoms with Gasteiger partial charge in [-0.3, -0.25) is 13.9 Å². The van der Waals surface area contributed by atoms with Gasteiger partial charge in [-0.1, -0.05) is 0 Å². The Balaban J connectivity index is 0. The first-order valence-corrected chi connectivity index (χ1v) is 3.93. The molecular weight excluding hydrogens is 196 g/mol. The largest absolute Gasteiger partial charge is 0.468 e. The molecule has 11 heavy (non-hydrogen) atoms. The molecule has 0 fully saturated rings. The molecule has 0 saturated carbocycles. The van der Waals surface area contributed by atoms with Crippen LogP contribution in [0.5, 0.6) is 0 Å². The van der Waals surface area contributed by atoms with Gasteiger partial charge in [-0.15, -0.1) is 11.6 Å². The van der Waals surface area contributed by atoms with E-state index in [1.807, 2.05) is 0 Å². The Morgan fingerprint density at radius 3 is 1.91 bits per heavy atom. The van der Waals surface area contributed by atoms with Crippen LogP contribution < -0.4 is 0 Å².